The molecule has 0 aliphatic rings. The third kappa shape index (κ3) is 2.59. The van der Waals surface area contributed by atoms with Gasteiger partial charge >= 0.3 is 0 Å². The molecule has 0 unspecified atom stereocenters. The van der Waals surface area contributed by atoms with Gasteiger partial charge in [-0.2, -0.15) is 0 Å². The van der Waals surface area contributed by atoms with E-state index in [1.807, 2.05) is 31.2 Å². The summed E-state index contributed by atoms with van der Waals surface area (Å²) in [7, 11) is 0. The van der Waals surface area contributed by atoms with Crippen LogP contribution in [-0.4, -0.2) is 16.6 Å². The predicted octanol–water partition coefficient (Wildman–Crippen LogP) is 4.30. The SMILES string of the molecule is CCCOc1cccc(-c2nc3c(F)c(F)ccc3[nH]2)c1. The van der Waals surface area contributed by atoms with Crippen molar-refractivity contribution in [2.75, 3.05) is 6.61 Å². The summed E-state index contributed by atoms with van der Waals surface area (Å²) in [5, 5.41) is 0. The van der Waals surface area contributed by atoms with Crippen LogP contribution < -0.4 is 4.74 Å². The van der Waals surface area contributed by atoms with E-state index in [1.54, 1.807) is 0 Å². The molecule has 1 heterocycles. The highest BCUT2D eigenvalue weighted by atomic mass is 19.2. The molecular weight excluding hydrogens is 274 g/mol. The van der Waals surface area contributed by atoms with Crippen LogP contribution in [-0.2, 0) is 0 Å². The summed E-state index contributed by atoms with van der Waals surface area (Å²) in [5.41, 5.74) is 1.23. The smallest absolute Gasteiger partial charge is 0.186 e. The molecule has 0 spiro atoms. The Labute approximate surface area is 120 Å². The molecule has 0 aliphatic heterocycles. The molecule has 0 radical (unpaired) electrons. The van der Waals surface area contributed by atoms with Crippen LogP contribution in [0.1, 0.15) is 13.3 Å². The molecule has 0 aliphatic carbocycles. The van der Waals surface area contributed by atoms with Crippen LogP contribution in [0.15, 0.2) is 36.4 Å². The minimum Gasteiger partial charge on any atom is -0.494 e. The average Bonchev–Trinajstić information content (AvgIpc) is 2.94. The number of hydrogen-bond donors (Lipinski definition) is 1. The second-order valence-corrected chi connectivity index (χ2v) is 4.72. The van der Waals surface area contributed by atoms with Gasteiger partial charge in [0.2, 0.25) is 0 Å². The lowest BCUT2D eigenvalue weighted by atomic mass is 10.2. The van der Waals surface area contributed by atoms with Crippen molar-refractivity contribution in [3.05, 3.63) is 48.0 Å². The second kappa shape index (κ2) is 5.52. The molecule has 2 aromatic carbocycles. The molecule has 21 heavy (non-hydrogen) atoms. The zero-order chi connectivity index (χ0) is 14.8. The number of ether oxygens (including phenoxy) is 1. The topological polar surface area (TPSA) is 37.9 Å². The number of hydrogen-bond acceptors (Lipinski definition) is 2. The molecule has 0 atom stereocenters. The van der Waals surface area contributed by atoms with Crippen LogP contribution in [0.5, 0.6) is 5.75 Å². The van der Waals surface area contributed by atoms with Crippen molar-refractivity contribution >= 4 is 11.0 Å². The molecule has 3 nitrogen and oxygen atoms in total. The van der Waals surface area contributed by atoms with Crippen molar-refractivity contribution < 1.29 is 13.5 Å². The highest BCUT2D eigenvalue weighted by Gasteiger charge is 2.13. The minimum absolute atomic E-state index is 0.00452. The summed E-state index contributed by atoms with van der Waals surface area (Å²) in [5.74, 6) is -0.633. The van der Waals surface area contributed by atoms with E-state index in [9.17, 15) is 8.78 Å². The fourth-order valence-electron chi connectivity index (χ4n) is 2.11. The number of imidazole rings is 1. The average molecular weight is 288 g/mol. The first-order valence-corrected chi connectivity index (χ1v) is 6.76. The number of H-pyrrole nitrogens is 1. The Morgan fingerprint density at radius 1 is 1.19 bits per heavy atom. The largest absolute Gasteiger partial charge is 0.494 e. The van der Waals surface area contributed by atoms with Gasteiger partial charge in [0, 0.05) is 5.56 Å². The maximum absolute atomic E-state index is 13.7. The van der Waals surface area contributed by atoms with E-state index in [2.05, 4.69) is 9.97 Å². The lowest BCUT2D eigenvalue weighted by molar-refractivity contribution is 0.317. The molecular formula is C16H14F2N2O. The zero-order valence-electron chi connectivity index (χ0n) is 11.5. The van der Waals surface area contributed by atoms with Crippen LogP contribution in [0.3, 0.4) is 0 Å². The molecule has 5 heteroatoms. The van der Waals surface area contributed by atoms with Crippen molar-refractivity contribution in [2.24, 2.45) is 0 Å². The summed E-state index contributed by atoms with van der Waals surface area (Å²) in [4.78, 5) is 7.13. The second-order valence-electron chi connectivity index (χ2n) is 4.72. The van der Waals surface area contributed by atoms with Crippen molar-refractivity contribution in [1.82, 2.24) is 9.97 Å². The molecule has 1 N–H and O–H groups in total. The number of nitrogens with zero attached hydrogens (tertiary/aromatic N) is 1. The highest BCUT2D eigenvalue weighted by molar-refractivity contribution is 5.80. The van der Waals surface area contributed by atoms with Gasteiger partial charge in [-0.15, -0.1) is 0 Å². The maximum atomic E-state index is 13.7. The number of rotatable bonds is 4. The van der Waals surface area contributed by atoms with E-state index in [0.29, 0.717) is 17.9 Å². The van der Waals surface area contributed by atoms with Crippen molar-refractivity contribution in [3.8, 4) is 17.1 Å². The number of halogens is 2. The fourth-order valence-corrected chi connectivity index (χ4v) is 2.11. The van der Waals surface area contributed by atoms with Crippen LogP contribution in [0.25, 0.3) is 22.4 Å². The van der Waals surface area contributed by atoms with Gasteiger partial charge in [-0.05, 0) is 30.7 Å². The summed E-state index contributed by atoms with van der Waals surface area (Å²) in [6.07, 6.45) is 0.916. The van der Waals surface area contributed by atoms with E-state index < -0.39 is 11.6 Å². The van der Waals surface area contributed by atoms with E-state index in [-0.39, 0.29) is 5.52 Å². The van der Waals surface area contributed by atoms with Crippen molar-refractivity contribution in [2.45, 2.75) is 13.3 Å². The Morgan fingerprint density at radius 2 is 2.05 bits per heavy atom. The van der Waals surface area contributed by atoms with Crippen molar-refractivity contribution in [3.63, 3.8) is 0 Å². The van der Waals surface area contributed by atoms with Crippen LogP contribution >= 0.6 is 0 Å². The molecule has 0 bridgehead atoms. The maximum Gasteiger partial charge on any atom is 0.186 e. The van der Waals surface area contributed by atoms with Crippen LogP contribution in [0, 0.1) is 11.6 Å². The third-order valence-electron chi connectivity index (χ3n) is 3.13. The number of aromatic amines is 1. The molecule has 0 saturated heterocycles. The highest BCUT2D eigenvalue weighted by Crippen LogP contribution is 2.26. The number of benzene rings is 2. The Bertz CT molecular complexity index is 783. The van der Waals surface area contributed by atoms with Gasteiger partial charge in [0.1, 0.15) is 17.1 Å². The summed E-state index contributed by atoms with van der Waals surface area (Å²) >= 11 is 0. The molecule has 0 saturated carbocycles. The lowest BCUT2D eigenvalue weighted by Gasteiger charge is -2.05. The third-order valence-corrected chi connectivity index (χ3v) is 3.13. The van der Waals surface area contributed by atoms with E-state index >= 15 is 0 Å². The minimum atomic E-state index is -0.937. The van der Waals surface area contributed by atoms with E-state index in [4.69, 9.17) is 4.74 Å². The Kier molecular flexibility index (Phi) is 3.56. The van der Waals surface area contributed by atoms with E-state index in [0.717, 1.165) is 23.8 Å². The Morgan fingerprint density at radius 3 is 2.86 bits per heavy atom. The molecule has 3 aromatic rings. The van der Waals surface area contributed by atoms with Gasteiger partial charge in [-0.25, -0.2) is 13.8 Å². The fraction of sp³-hybridized carbons (Fsp3) is 0.188. The summed E-state index contributed by atoms with van der Waals surface area (Å²) in [6.45, 7) is 2.66. The van der Waals surface area contributed by atoms with Gasteiger partial charge in [0.05, 0.1) is 12.1 Å². The predicted molar refractivity (Wildman–Crippen MR) is 77.2 cm³/mol. The lowest BCUT2D eigenvalue weighted by Crippen LogP contribution is -1.94. The van der Waals surface area contributed by atoms with Gasteiger partial charge in [-0.1, -0.05) is 19.1 Å². The van der Waals surface area contributed by atoms with Crippen LogP contribution in [0.2, 0.25) is 0 Å². The van der Waals surface area contributed by atoms with Crippen LogP contribution in [0.4, 0.5) is 8.78 Å². The first kappa shape index (κ1) is 13.5. The summed E-state index contributed by atoms with van der Waals surface area (Å²) in [6, 6.07) is 9.90. The normalized spacial score (nSPS) is 11.0. The molecule has 108 valence electrons. The van der Waals surface area contributed by atoms with Gasteiger partial charge in [0.15, 0.2) is 11.6 Å². The standard InChI is InChI=1S/C16H14F2N2O/c1-2-8-21-11-5-3-4-10(9-11)16-19-13-7-6-12(17)14(18)15(13)20-16/h3-7,9H,2,8H2,1H3,(H,19,20). The molecule has 3 rings (SSSR count). The van der Waals surface area contributed by atoms with Gasteiger partial charge in [-0.3, -0.25) is 0 Å². The quantitative estimate of drug-likeness (QED) is 0.777. The molecule has 0 amide bonds. The van der Waals surface area contributed by atoms with Gasteiger partial charge in [0.25, 0.3) is 0 Å². The first-order valence-electron chi connectivity index (χ1n) is 6.76. The number of fused-ring (bicyclic) bond motifs is 1. The Balaban J connectivity index is 2.02. The molecule has 0 fully saturated rings. The zero-order valence-corrected chi connectivity index (χ0v) is 11.5. The first-order chi connectivity index (χ1) is 10.2. The monoisotopic (exact) mass is 288 g/mol. The summed E-state index contributed by atoms with van der Waals surface area (Å²) < 4.78 is 32.5. The number of nitrogens with one attached hydrogen (secondary N) is 1. The van der Waals surface area contributed by atoms with Crippen molar-refractivity contribution in [1.29, 1.82) is 0 Å². The Hall–Kier alpha value is -2.43. The number of aromatic nitrogens is 2. The van der Waals surface area contributed by atoms with Gasteiger partial charge < -0.3 is 9.72 Å². The van der Waals surface area contributed by atoms with E-state index in [1.165, 1.54) is 6.07 Å². The molecule has 1 aromatic heterocycles.